The van der Waals surface area contributed by atoms with Crippen LogP contribution in [0.25, 0.3) is 0 Å². The van der Waals surface area contributed by atoms with Gasteiger partial charge in [-0.15, -0.1) is 0 Å². The minimum Gasteiger partial charge on any atom is -0.276 e. The van der Waals surface area contributed by atoms with Crippen molar-refractivity contribution in [1.82, 2.24) is 10.2 Å². The lowest BCUT2D eigenvalue weighted by atomic mass is 10.2. The zero-order valence-electron chi connectivity index (χ0n) is 5.15. The van der Waals surface area contributed by atoms with E-state index >= 15 is 0 Å². The summed E-state index contributed by atoms with van der Waals surface area (Å²) in [7, 11) is 0. The Bertz CT molecular complexity index is 167. The molecule has 0 spiro atoms. The Morgan fingerprint density at radius 2 is 2.50 bits per heavy atom. The standard InChI is InChI=1S/C6H9N2/c1-3-6-5(2)4-7-8-6/h3H2,1-2H3,(H,7,8). The van der Waals surface area contributed by atoms with Crippen molar-refractivity contribution in [2.45, 2.75) is 20.3 Å². The molecule has 0 saturated carbocycles. The van der Waals surface area contributed by atoms with Gasteiger partial charge >= 0.3 is 0 Å². The number of H-pyrrole nitrogens is 1. The normalized spacial score (nSPS) is 9.75. The Morgan fingerprint density at radius 1 is 1.75 bits per heavy atom. The SMILES string of the molecule is CCc1n[nH][c]c1C. The van der Waals surface area contributed by atoms with Gasteiger partial charge < -0.3 is 0 Å². The van der Waals surface area contributed by atoms with Gasteiger partial charge in [-0.1, -0.05) is 6.92 Å². The third-order valence-corrected chi connectivity index (χ3v) is 1.20. The molecule has 2 nitrogen and oxygen atoms in total. The predicted molar refractivity (Wildman–Crippen MR) is 31.5 cm³/mol. The summed E-state index contributed by atoms with van der Waals surface area (Å²) in [5.74, 6) is 0. The van der Waals surface area contributed by atoms with Gasteiger partial charge in [0.05, 0.1) is 11.9 Å². The maximum Gasteiger partial charge on any atom is 0.0863 e. The topological polar surface area (TPSA) is 28.7 Å². The molecule has 0 aliphatic heterocycles. The molecule has 0 bridgehead atoms. The summed E-state index contributed by atoms with van der Waals surface area (Å²) < 4.78 is 0. The van der Waals surface area contributed by atoms with Gasteiger partial charge in [-0.25, -0.2) is 0 Å². The molecule has 1 radical (unpaired) electrons. The zero-order chi connectivity index (χ0) is 5.98. The number of hydrogen-bond donors (Lipinski definition) is 1. The Hall–Kier alpha value is -0.790. The second-order valence-corrected chi connectivity index (χ2v) is 1.77. The average molecular weight is 109 g/mol. The van der Waals surface area contributed by atoms with Crippen molar-refractivity contribution in [1.29, 1.82) is 0 Å². The smallest absolute Gasteiger partial charge is 0.0863 e. The first-order valence-corrected chi connectivity index (χ1v) is 2.76. The second-order valence-electron chi connectivity index (χ2n) is 1.77. The zero-order valence-corrected chi connectivity index (χ0v) is 5.15. The Balaban J connectivity index is 2.92. The van der Waals surface area contributed by atoms with Crippen LogP contribution in [0.2, 0.25) is 0 Å². The lowest BCUT2D eigenvalue weighted by Gasteiger charge is -1.84. The van der Waals surface area contributed by atoms with E-state index in [0.29, 0.717) is 0 Å². The number of nitrogens with one attached hydrogen (secondary N) is 1. The van der Waals surface area contributed by atoms with Crippen LogP contribution in [0.1, 0.15) is 18.2 Å². The summed E-state index contributed by atoms with van der Waals surface area (Å²) in [6.07, 6.45) is 3.88. The molecule has 0 unspecified atom stereocenters. The van der Waals surface area contributed by atoms with Crippen LogP contribution in [-0.2, 0) is 6.42 Å². The molecule has 0 aliphatic rings. The minimum atomic E-state index is 0.992. The van der Waals surface area contributed by atoms with Gasteiger partial charge in [0, 0.05) is 0 Å². The number of rotatable bonds is 1. The molecule has 0 aliphatic carbocycles. The van der Waals surface area contributed by atoms with Crippen molar-refractivity contribution in [3.63, 3.8) is 0 Å². The summed E-state index contributed by atoms with van der Waals surface area (Å²) >= 11 is 0. The highest BCUT2D eigenvalue weighted by Crippen LogP contribution is 1.99. The fourth-order valence-corrected chi connectivity index (χ4v) is 0.680. The van der Waals surface area contributed by atoms with E-state index in [2.05, 4.69) is 23.3 Å². The van der Waals surface area contributed by atoms with Crippen LogP contribution in [0.4, 0.5) is 0 Å². The summed E-state index contributed by atoms with van der Waals surface area (Å²) in [4.78, 5) is 0. The van der Waals surface area contributed by atoms with Crippen molar-refractivity contribution in [2.75, 3.05) is 0 Å². The monoisotopic (exact) mass is 109 g/mol. The van der Waals surface area contributed by atoms with Crippen molar-refractivity contribution in [3.8, 4) is 0 Å². The van der Waals surface area contributed by atoms with Crippen molar-refractivity contribution in [3.05, 3.63) is 17.5 Å². The predicted octanol–water partition coefficient (Wildman–Crippen LogP) is 1.08. The van der Waals surface area contributed by atoms with E-state index in [1.807, 2.05) is 6.92 Å². The van der Waals surface area contributed by atoms with Crippen LogP contribution in [-0.4, -0.2) is 10.2 Å². The van der Waals surface area contributed by atoms with Gasteiger partial charge in [0.2, 0.25) is 0 Å². The van der Waals surface area contributed by atoms with Gasteiger partial charge in [0.15, 0.2) is 0 Å². The molecule has 0 saturated heterocycles. The first-order valence-electron chi connectivity index (χ1n) is 2.76. The molecule has 2 heteroatoms. The average Bonchev–Trinajstić information content (AvgIpc) is 2.14. The molecule has 0 atom stereocenters. The lowest BCUT2D eigenvalue weighted by molar-refractivity contribution is 0.967. The van der Waals surface area contributed by atoms with Gasteiger partial charge in [-0.2, -0.15) is 5.10 Å². The van der Waals surface area contributed by atoms with Gasteiger partial charge in [0.1, 0.15) is 0 Å². The fraction of sp³-hybridized carbons (Fsp3) is 0.500. The Kier molecular flexibility index (Phi) is 1.33. The third kappa shape index (κ3) is 0.735. The lowest BCUT2D eigenvalue weighted by Crippen LogP contribution is -1.80. The largest absolute Gasteiger partial charge is 0.276 e. The van der Waals surface area contributed by atoms with E-state index in [4.69, 9.17) is 0 Å². The Morgan fingerprint density at radius 3 is 2.75 bits per heavy atom. The number of aromatic nitrogens is 2. The van der Waals surface area contributed by atoms with E-state index in [9.17, 15) is 0 Å². The summed E-state index contributed by atoms with van der Waals surface area (Å²) in [5, 5.41) is 6.63. The minimum absolute atomic E-state index is 0.992. The van der Waals surface area contributed by atoms with Crippen molar-refractivity contribution >= 4 is 0 Å². The van der Waals surface area contributed by atoms with E-state index < -0.39 is 0 Å². The summed E-state index contributed by atoms with van der Waals surface area (Å²) in [6.45, 7) is 4.08. The maximum atomic E-state index is 3.95. The molecule has 1 aromatic rings. The van der Waals surface area contributed by atoms with Crippen LogP contribution in [0, 0.1) is 13.1 Å². The molecule has 1 aromatic heterocycles. The van der Waals surface area contributed by atoms with Crippen LogP contribution < -0.4 is 0 Å². The number of aryl methyl sites for hydroxylation is 2. The van der Waals surface area contributed by atoms with Crippen LogP contribution in [0.3, 0.4) is 0 Å². The molecular weight excluding hydrogens is 100 g/mol. The van der Waals surface area contributed by atoms with E-state index in [1.165, 1.54) is 0 Å². The van der Waals surface area contributed by atoms with Crippen LogP contribution in [0.5, 0.6) is 0 Å². The molecule has 0 aromatic carbocycles. The van der Waals surface area contributed by atoms with E-state index in [1.54, 1.807) is 0 Å². The van der Waals surface area contributed by atoms with Gasteiger partial charge in [-0.3, -0.25) is 5.10 Å². The van der Waals surface area contributed by atoms with E-state index in [-0.39, 0.29) is 0 Å². The fourth-order valence-electron chi connectivity index (χ4n) is 0.680. The highest BCUT2D eigenvalue weighted by molar-refractivity contribution is 5.11. The maximum absolute atomic E-state index is 3.95. The molecule has 0 amide bonds. The molecule has 1 heterocycles. The molecule has 8 heavy (non-hydrogen) atoms. The number of nitrogens with zero attached hydrogens (tertiary/aromatic N) is 1. The second kappa shape index (κ2) is 1.99. The van der Waals surface area contributed by atoms with Crippen LogP contribution >= 0.6 is 0 Å². The first-order chi connectivity index (χ1) is 3.84. The Labute approximate surface area is 48.9 Å². The van der Waals surface area contributed by atoms with Crippen molar-refractivity contribution in [2.24, 2.45) is 0 Å². The van der Waals surface area contributed by atoms with Gasteiger partial charge in [0.25, 0.3) is 0 Å². The molecular formula is C6H9N2. The first kappa shape index (κ1) is 5.35. The molecule has 43 valence electrons. The summed E-state index contributed by atoms with van der Waals surface area (Å²) in [6, 6.07) is 0. The third-order valence-electron chi connectivity index (χ3n) is 1.20. The number of aromatic amines is 1. The molecule has 1 N–H and O–H groups in total. The highest BCUT2D eigenvalue weighted by Gasteiger charge is 1.94. The van der Waals surface area contributed by atoms with Crippen LogP contribution in [0.15, 0.2) is 0 Å². The highest BCUT2D eigenvalue weighted by atomic mass is 15.1. The quantitative estimate of drug-likeness (QED) is 0.574. The molecule has 0 fully saturated rings. The number of hydrogen-bond acceptors (Lipinski definition) is 1. The summed E-state index contributed by atoms with van der Waals surface area (Å²) in [5.41, 5.74) is 2.25. The van der Waals surface area contributed by atoms with E-state index in [0.717, 1.165) is 17.7 Å². The molecule has 1 rings (SSSR count). The van der Waals surface area contributed by atoms with Gasteiger partial charge in [-0.05, 0) is 18.9 Å². The van der Waals surface area contributed by atoms with Crippen molar-refractivity contribution < 1.29 is 0 Å².